The van der Waals surface area contributed by atoms with Gasteiger partial charge in [0.15, 0.2) is 0 Å². The van der Waals surface area contributed by atoms with Crippen molar-refractivity contribution in [2.24, 2.45) is 0 Å². The number of anilines is 1. The molecule has 3 aromatic carbocycles. The fraction of sp³-hybridized carbons (Fsp3) is 0.125. The average Bonchev–Trinajstić information content (AvgIpc) is 3.51. The van der Waals surface area contributed by atoms with Crippen LogP contribution in [0.3, 0.4) is 0 Å². The Hall–Kier alpha value is -3.69. The number of H-pyrrole nitrogens is 1. The molecule has 4 aromatic rings. The van der Waals surface area contributed by atoms with E-state index in [0.717, 1.165) is 9.87 Å². The van der Waals surface area contributed by atoms with Gasteiger partial charge in [0.2, 0.25) is 0 Å². The van der Waals surface area contributed by atoms with Crippen molar-refractivity contribution in [1.82, 2.24) is 14.3 Å². The van der Waals surface area contributed by atoms with E-state index < -0.39 is 21.8 Å². The summed E-state index contributed by atoms with van der Waals surface area (Å²) in [5.74, 6) is -0.401. The molecule has 0 spiro atoms. The number of hydrogen-bond donors (Lipinski definition) is 2. The van der Waals surface area contributed by atoms with E-state index in [2.05, 4.69) is 15.3 Å². The first kappa shape index (κ1) is 20.9. The summed E-state index contributed by atoms with van der Waals surface area (Å²) < 4.78 is 26.7. The Morgan fingerprint density at radius 1 is 1.06 bits per heavy atom. The lowest BCUT2D eigenvalue weighted by Gasteiger charge is -2.13. The molecule has 0 saturated heterocycles. The zero-order valence-electron chi connectivity index (χ0n) is 17.6. The third kappa shape index (κ3) is 3.27. The fourth-order valence-electron chi connectivity index (χ4n) is 4.13. The van der Waals surface area contributed by atoms with E-state index in [1.807, 2.05) is 18.2 Å². The quantitative estimate of drug-likeness (QED) is 0.437. The Labute approximate surface area is 199 Å². The number of halogens is 1. The molecule has 1 aliphatic carbocycles. The molecule has 2 amide bonds. The molecule has 0 radical (unpaired) electrons. The Balaban J connectivity index is 1.28. The number of nitrogens with one attached hydrogen (secondary N) is 2. The predicted molar refractivity (Wildman–Crippen MR) is 127 cm³/mol. The molecule has 34 heavy (non-hydrogen) atoms. The molecule has 1 fully saturated rings. The van der Waals surface area contributed by atoms with Crippen molar-refractivity contribution in [1.29, 1.82) is 0 Å². The minimum absolute atomic E-state index is 0.106. The van der Waals surface area contributed by atoms with Crippen molar-refractivity contribution in [3.05, 3.63) is 76.8 Å². The number of hydrogen-bond acceptors (Lipinski definition) is 5. The van der Waals surface area contributed by atoms with E-state index >= 15 is 0 Å². The summed E-state index contributed by atoms with van der Waals surface area (Å²) in [6.45, 7) is 0. The second kappa shape index (κ2) is 7.41. The van der Waals surface area contributed by atoms with Crippen LogP contribution in [0.25, 0.3) is 22.4 Å². The standard InChI is InChI=1S/C24H17ClN4O4S/c25-18-4-2-1-3-16(18)22-27-19-10-6-14(12-20(19)28-22)26-23(30)13-5-9-17-21(11-13)34(32,33)29(24(17)31)15-7-8-15/h1-6,9-12,15H,7-8H2,(H,26,30)(H,27,28). The van der Waals surface area contributed by atoms with Crippen LogP contribution in [0.15, 0.2) is 65.6 Å². The highest BCUT2D eigenvalue weighted by atomic mass is 35.5. The van der Waals surface area contributed by atoms with Crippen molar-refractivity contribution in [3.63, 3.8) is 0 Å². The zero-order valence-corrected chi connectivity index (χ0v) is 19.2. The van der Waals surface area contributed by atoms with Gasteiger partial charge in [-0.15, -0.1) is 0 Å². The van der Waals surface area contributed by atoms with Gasteiger partial charge in [-0.25, -0.2) is 17.7 Å². The number of fused-ring (bicyclic) bond motifs is 2. The van der Waals surface area contributed by atoms with Crippen molar-refractivity contribution in [2.75, 3.05) is 5.32 Å². The Bertz CT molecular complexity index is 1630. The third-order valence-electron chi connectivity index (χ3n) is 5.96. The van der Waals surface area contributed by atoms with Crippen LogP contribution in [-0.2, 0) is 10.0 Å². The minimum atomic E-state index is -3.94. The van der Waals surface area contributed by atoms with Crippen molar-refractivity contribution in [3.8, 4) is 11.4 Å². The number of rotatable bonds is 4. The lowest BCUT2D eigenvalue weighted by Crippen LogP contribution is -2.31. The van der Waals surface area contributed by atoms with Crippen molar-refractivity contribution in [2.45, 2.75) is 23.8 Å². The maximum absolute atomic E-state index is 12.9. The van der Waals surface area contributed by atoms with Gasteiger partial charge >= 0.3 is 0 Å². The first-order valence-corrected chi connectivity index (χ1v) is 12.4. The van der Waals surface area contributed by atoms with E-state index in [9.17, 15) is 18.0 Å². The van der Waals surface area contributed by atoms with Crippen molar-refractivity contribution >= 4 is 50.2 Å². The molecule has 6 rings (SSSR count). The SMILES string of the molecule is O=C(Nc1ccc2nc(-c3ccccc3Cl)[nH]c2c1)c1ccc2c(c1)S(=O)(=O)N(C1CC1)C2=O. The lowest BCUT2D eigenvalue weighted by molar-refractivity contribution is 0.0864. The number of carbonyl (C=O) groups is 2. The highest BCUT2D eigenvalue weighted by molar-refractivity contribution is 7.90. The lowest BCUT2D eigenvalue weighted by atomic mass is 10.1. The van der Waals surface area contributed by atoms with Gasteiger partial charge in [-0.3, -0.25) is 9.59 Å². The number of amides is 2. The highest BCUT2D eigenvalue weighted by Crippen LogP contribution is 2.39. The Morgan fingerprint density at radius 3 is 2.62 bits per heavy atom. The number of aromatic amines is 1. The van der Waals surface area contributed by atoms with Crippen molar-refractivity contribution < 1.29 is 18.0 Å². The number of benzene rings is 3. The number of nitrogens with zero attached hydrogens (tertiary/aromatic N) is 2. The number of carbonyl (C=O) groups excluding carboxylic acids is 2. The summed E-state index contributed by atoms with van der Waals surface area (Å²) in [5.41, 5.74) is 2.93. The van der Waals surface area contributed by atoms with E-state index in [4.69, 9.17) is 11.6 Å². The molecule has 10 heteroatoms. The second-order valence-electron chi connectivity index (χ2n) is 8.30. The predicted octanol–water partition coefficient (Wildman–Crippen LogP) is 4.44. The summed E-state index contributed by atoms with van der Waals surface area (Å²) in [7, 11) is -3.94. The van der Waals surface area contributed by atoms with Gasteiger partial charge in [0.25, 0.3) is 21.8 Å². The number of imidazole rings is 1. The topological polar surface area (TPSA) is 112 Å². The summed E-state index contributed by atoms with van der Waals surface area (Å²) in [6.07, 6.45) is 1.33. The third-order valence-corrected chi connectivity index (χ3v) is 8.16. The molecular weight excluding hydrogens is 476 g/mol. The van der Waals surface area contributed by atoms with Gasteiger partial charge in [-0.05, 0) is 61.4 Å². The van der Waals surface area contributed by atoms with E-state index in [1.54, 1.807) is 24.3 Å². The summed E-state index contributed by atoms with van der Waals surface area (Å²) in [4.78, 5) is 33.1. The van der Waals surface area contributed by atoms with Gasteiger partial charge in [0.1, 0.15) is 10.7 Å². The van der Waals surface area contributed by atoms with Crippen LogP contribution >= 0.6 is 11.6 Å². The molecule has 1 aliphatic heterocycles. The van der Waals surface area contributed by atoms with Crippen LogP contribution in [-0.4, -0.2) is 40.5 Å². The van der Waals surface area contributed by atoms with Crippen LogP contribution in [0.2, 0.25) is 5.02 Å². The molecule has 8 nitrogen and oxygen atoms in total. The van der Waals surface area contributed by atoms with Crippen LogP contribution < -0.4 is 5.32 Å². The Morgan fingerprint density at radius 2 is 1.85 bits per heavy atom. The number of aromatic nitrogens is 2. The van der Waals surface area contributed by atoms with Gasteiger partial charge in [-0.1, -0.05) is 23.7 Å². The van der Waals surface area contributed by atoms with Crippen LogP contribution in [0.4, 0.5) is 5.69 Å². The smallest absolute Gasteiger partial charge is 0.269 e. The average molecular weight is 493 g/mol. The van der Waals surface area contributed by atoms with Gasteiger partial charge < -0.3 is 10.3 Å². The Kier molecular flexibility index (Phi) is 4.55. The molecule has 0 bridgehead atoms. The maximum atomic E-state index is 12.9. The molecule has 0 unspecified atom stereocenters. The molecule has 2 aliphatic rings. The summed E-state index contributed by atoms with van der Waals surface area (Å²) in [5, 5.41) is 3.35. The minimum Gasteiger partial charge on any atom is -0.338 e. The number of sulfonamides is 1. The van der Waals surface area contributed by atoms with Gasteiger partial charge in [-0.2, -0.15) is 0 Å². The molecule has 0 atom stereocenters. The highest BCUT2D eigenvalue weighted by Gasteiger charge is 2.48. The normalized spacial score (nSPS) is 16.6. The van der Waals surface area contributed by atoms with E-state index in [0.29, 0.717) is 40.4 Å². The second-order valence-corrected chi connectivity index (χ2v) is 10.5. The first-order valence-electron chi connectivity index (χ1n) is 10.6. The van der Waals surface area contributed by atoms with E-state index in [1.165, 1.54) is 18.2 Å². The monoisotopic (exact) mass is 492 g/mol. The first-order chi connectivity index (χ1) is 16.3. The molecule has 2 heterocycles. The summed E-state index contributed by atoms with van der Waals surface area (Å²) >= 11 is 6.27. The van der Waals surface area contributed by atoms with Gasteiger partial charge in [0.05, 0.1) is 21.6 Å². The molecule has 1 saturated carbocycles. The van der Waals surface area contributed by atoms with Crippen LogP contribution in [0, 0.1) is 0 Å². The van der Waals surface area contributed by atoms with Gasteiger partial charge in [0, 0.05) is 22.9 Å². The largest absolute Gasteiger partial charge is 0.338 e. The molecular formula is C24H17ClN4O4S. The van der Waals surface area contributed by atoms with E-state index in [-0.39, 0.29) is 22.1 Å². The maximum Gasteiger partial charge on any atom is 0.269 e. The van der Waals surface area contributed by atoms with Crippen LogP contribution in [0.5, 0.6) is 0 Å². The fourth-order valence-corrected chi connectivity index (χ4v) is 6.20. The van der Waals surface area contributed by atoms with Crippen LogP contribution in [0.1, 0.15) is 33.6 Å². The molecule has 170 valence electrons. The molecule has 2 N–H and O–H groups in total. The summed E-state index contributed by atoms with van der Waals surface area (Å²) in [6, 6.07) is 16.4. The molecule has 1 aromatic heterocycles. The zero-order chi connectivity index (χ0) is 23.6.